The summed E-state index contributed by atoms with van der Waals surface area (Å²) < 4.78 is 24.9. The van der Waals surface area contributed by atoms with E-state index in [4.69, 9.17) is 0 Å². The number of halogens is 3. The Morgan fingerprint density at radius 2 is 1.75 bits per heavy atom. The van der Waals surface area contributed by atoms with Crippen LogP contribution in [0, 0.1) is 11.6 Å². The number of hydrogen-bond acceptors (Lipinski definition) is 0. The average Bonchev–Trinajstić information content (AvgIpc) is 1.92. The first kappa shape index (κ1) is 9.78. The summed E-state index contributed by atoms with van der Waals surface area (Å²) in [7, 11) is 3.75. The molecule has 1 aromatic carbocycles. The third-order valence-electron chi connectivity index (χ3n) is 1.61. The first-order valence-electron chi connectivity index (χ1n) is 3.55. The van der Waals surface area contributed by atoms with Gasteiger partial charge in [-0.15, -0.1) is 0 Å². The molecule has 0 aliphatic rings. The van der Waals surface area contributed by atoms with Crippen LogP contribution in [0.2, 0.25) is 0 Å². The van der Waals surface area contributed by atoms with E-state index in [0.29, 0.717) is 0 Å². The summed E-state index contributed by atoms with van der Waals surface area (Å²) in [5.41, 5.74) is 0.724. The molecule has 0 aliphatic heterocycles. The van der Waals surface area contributed by atoms with Gasteiger partial charge in [-0.05, 0) is 21.8 Å². The molecule has 5 heteroatoms. The summed E-state index contributed by atoms with van der Waals surface area (Å²) in [5.74, 6) is -1.62. The molecule has 0 saturated heterocycles. The van der Waals surface area contributed by atoms with E-state index in [0.717, 1.165) is 11.6 Å². The van der Waals surface area contributed by atoms with Gasteiger partial charge in [-0.25, -0.2) is 8.78 Å². The minimum Gasteiger partial charge on any atom is -0.204 e. The van der Waals surface area contributed by atoms with Crippen LogP contribution in [0.1, 0.15) is 5.56 Å². The largest absolute Gasteiger partial charge is 0.204 e. The monoisotopic (exact) mass is 230 g/mol. The maximum Gasteiger partial charge on any atom is 0.159 e. The van der Waals surface area contributed by atoms with Crippen molar-refractivity contribution in [1.82, 2.24) is 0 Å². The normalized spacial score (nSPS) is 11.6. The van der Waals surface area contributed by atoms with E-state index in [2.05, 4.69) is 15.9 Å². The highest BCUT2D eigenvalue weighted by Gasteiger charge is 2.17. The van der Waals surface area contributed by atoms with Crippen LogP contribution in [0.3, 0.4) is 0 Å². The molecular weight excluding hydrogens is 224 g/mol. The van der Waals surface area contributed by atoms with Gasteiger partial charge in [-0.2, -0.15) is 0 Å². The zero-order valence-corrected chi connectivity index (χ0v) is 8.45. The topological polar surface area (TPSA) is 0 Å². The lowest BCUT2D eigenvalue weighted by molar-refractivity contribution is 0.507. The molecule has 0 saturated carbocycles. The Labute approximate surface area is 80.3 Å². The van der Waals surface area contributed by atoms with E-state index in [1.807, 2.05) is 15.7 Å². The zero-order valence-electron chi connectivity index (χ0n) is 6.87. The summed E-state index contributed by atoms with van der Waals surface area (Å²) in [6.45, 7) is 0. The maximum absolute atomic E-state index is 12.7. The Kier molecular flexibility index (Phi) is 2.61. The molecule has 0 spiro atoms. The highest BCUT2D eigenvalue weighted by atomic mass is 79.9. The van der Waals surface area contributed by atoms with Crippen LogP contribution in [0.5, 0.6) is 0 Å². The van der Waals surface area contributed by atoms with Gasteiger partial charge >= 0.3 is 0 Å². The van der Waals surface area contributed by atoms with Crippen molar-refractivity contribution in [2.75, 3.05) is 0 Å². The molecule has 0 radical (unpaired) electrons. The first-order chi connectivity index (χ1) is 5.41. The third kappa shape index (κ3) is 2.09. The van der Waals surface area contributed by atoms with Gasteiger partial charge in [0, 0.05) is 0 Å². The first-order valence-corrected chi connectivity index (χ1v) is 4.35. The van der Waals surface area contributed by atoms with E-state index >= 15 is 0 Å². The maximum atomic E-state index is 12.7. The Bertz CT molecular complexity index is 296. The second-order valence-corrected chi connectivity index (χ2v) is 5.08. The fourth-order valence-corrected chi connectivity index (χ4v) is 1.11. The van der Waals surface area contributed by atoms with Crippen LogP contribution in [-0.2, 0) is 4.12 Å². The molecule has 0 nitrogen and oxygen atoms in total. The van der Waals surface area contributed by atoms with Crippen molar-refractivity contribution in [3.8, 4) is 0 Å². The number of alkyl halides is 1. The highest BCUT2D eigenvalue weighted by molar-refractivity contribution is 9.10. The van der Waals surface area contributed by atoms with Crippen LogP contribution in [0.4, 0.5) is 8.78 Å². The Hall–Kier alpha value is -0.310. The number of rotatable bonds is 1. The van der Waals surface area contributed by atoms with Gasteiger partial charge in [0.05, 0.1) is 0 Å². The van der Waals surface area contributed by atoms with Crippen LogP contribution in [0.15, 0.2) is 18.2 Å². The number of benzene rings is 1. The van der Waals surface area contributed by atoms with Crippen molar-refractivity contribution in [2.45, 2.75) is 4.12 Å². The van der Waals surface area contributed by atoms with Crippen molar-refractivity contribution < 1.29 is 8.78 Å². The summed E-state index contributed by atoms with van der Waals surface area (Å²) >= 11 is 3.36. The molecule has 12 heavy (non-hydrogen) atoms. The van der Waals surface area contributed by atoms with Crippen molar-refractivity contribution in [3.05, 3.63) is 35.4 Å². The lowest BCUT2D eigenvalue weighted by atomic mass is 9.66. The average molecular weight is 231 g/mol. The van der Waals surface area contributed by atoms with Crippen molar-refractivity contribution in [1.29, 1.82) is 0 Å². The van der Waals surface area contributed by atoms with E-state index in [1.54, 1.807) is 6.07 Å². The van der Waals surface area contributed by atoms with Crippen LogP contribution >= 0.6 is 15.9 Å². The predicted octanol–water partition coefficient (Wildman–Crippen LogP) is 0.736. The van der Waals surface area contributed by atoms with E-state index < -0.39 is 11.6 Å². The van der Waals surface area contributed by atoms with Gasteiger partial charge in [-0.1, -0.05) is 22.0 Å². The third-order valence-corrected chi connectivity index (χ3v) is 2.06. The van der Waals surface area contributed by atoms with E-state index in [1.165, 1.54) is 6.07 Å². The molecular formula is C7H7B2BrF2. The quantitative estimate of drug-likeness (QED) is 0.493. The molecule has 0 atom stereocenters. The van der Waals surface area contributed by atoms with Crippen molar-refractivity contribution in [2.24, 2.45) is 0 Å². The molecule has 0 bridgehead atoms. The fraction of sp³-hybridized carbons (Fsp3) is 0.143. The van der Waals surface area contributed by atoms with Crippen molar-refractivity contribution >= 4 is 31.6 Å². The highest BCUT2D eigenvalue weighted by Crippen LogP contribution is 2.24. The number of hydrogen-bond donors (Lipinski definition) is 0. The summed E-state index contributed by atoms with van der Waals surface area (Å²) in [6, 6.07) is 3.89. The van der Waals surface area contributed by atoms with Gasteiger partial charge in [-0.3, -0.25) is 0 Å². The molecule has 0 fully saturated rings. The summed E-state index contributed by atoms with van der Waals surface area (Å²) in [4.78, 5) is 0. The molecule has 0 N–H and O–H groups in total. The lowest BCUT2D eigenvalue weighted by Gasteiger charge is -2.16. The Morgan fingerprint density at radius 1 is 1.17 bits per heavy atom. The second kappa shape index (κ2) is 3.21. The van der Waals surface area contributed by atoms with Gasteiger partial charge in [0.1, 0.15) is 15.7 Å². The second-order valence-electron chi connectivity index (χ2n) is 3.10. The van der Waals surface area contributed by atoms with Crippen LogP contribution in [-0.4, -0.2) is 15.7 Å². The lowest BCUT2D eigenvalue weighted by Crippen LogP contribution is -2.17. The van der Waals surface area contributed by atoms with Gasteiger partial charge in [0.2, 0.25) is 0 Å². The van der Waals surface area contributed by atoms with Gasteiger partial charge in [0.25, 0.3) is 0 Å². The van der Waals surface area contributed by atoms with Crippen LogP contribution in [0.25, 0.3) is 0 Å². The minimum atomic E-state index is -0.810. The van der Waals surface area contributed by atoms with Gasteiger partial charge in [0.15, 0.2) is 11.6 Å². The molecule has 0 amide bonds. The SMILES string of the molecule is BC(B)(Br)c1ccc(F)c(F)c1. The summed E-state index contributed by atoms with van der Waals surface area (Å²) in [5, 5.41) is 0. The minimum absolute atomic E-state index is 0.318. The Balaban J connectivity index is 3.14. The molecule has 62 valence electrons. The molecule has 1 aromatic rings. The molecule has 0 heterocycles. The molecule has 0 aliphatic carbocycles. The molecule has 0 aromatic heterocycles. The summed E-state index contributed by atoms with van der Waals surface area (Å²) in [6.07, 6.45) is 0. The molecule has 0 unspecified atom stereocenters. The van der Waals surface area contributed by atoms with Gasteiger partial charge < -0.3 is 0 Å². The van der Waals surface area contributed by atoms with E-state index in [-0.39, 0.29) is 4.12 Å². The zero-order chi connectivity index (χ0) is 9.35. The predicted molar refractivity (Wildman–Crippen MR) is 54.1 cm³/mol. The smallest absolute Gasteiger partial charge is 0.159 e. The van der Waals surface area contributed by atoms with E-state index in [9.17, 15) is 8.78 Å². The standard InChI is InChI=1S/C7H7B2BrF2/c8-7(9,10)4-1-2-5(11)6(12)3-4/h1-3H,8-9H2. The fourth-order valence-electron chi connectivity index (χ4n) is 0.866. The van der Waals surface area contributed by atoms with Crippen molar-refractivity contribution in [3.63, 3.8) is 0 Å². The Morgan fingerprint density at radius 3 is 2.17 bits per heavy atom. The molecule has 1 rings (SSSR count). The van der Waals surface area contributed by atoms with Crippen LogP contribution < -0.4 is 0 Å².